The summed E-state index contributed by atoms with van der Waals surface area (Å²) in [4.78, 5) is 29.1. The zero-order chi connectivity index (χ0) is 24.1. The highest BCUT2D eigenvalue weighted by Crippen LogP contribution is 2.29. The quantitative estimate of drug-likeness (QED) is 0.506. The maximum atomic E-state index is 12.9. The summed E-state index contributed by atoms with van der Waals surface area (Å²) in [6.45, 7) is 9.20. The molecule has 7 nitrogen and oxygen atoms in total. The number of nitrogens with one attached hydrogen (secondary N) is 1. The van der Waals surface area contributed by atoms with Gasteiger partial charge in [0.1, 0.15) is 0 Å². The summed E-state index contributed by atoms with van der Waals surface area (Å²) in [5.74, 6) is 0.272. The van der Waals surface area contributed by atoms with Crippen LogP contribution in [0.4, 0.5) is 10.8 Å². The number of anilines is 2. The fourth-order valence-corrected chi connectivity index (χ4v) is 5.32. The van der Waals surface area contributed by atoms with E-state index in [0.717, 1.165) is 20.7 Å². The molecule has 0 atom stereocenters. The Labute approximate surface area is 208 Å². The molecule has 2 amide bonds. The third kappa shape index (κ3) is 6.15. The van der Waals surface area contributed by atoms with E-state index in [0.29, 0.717) is 26.2 Å². The number of carbonyl (C=O) groups is 2. The highest BCUT2D eigenvalue weighted by Gasteiger charge is 2.25. The Hall–Kier alpha value is -2.91. The summed E-state index contributed by atoms with van der Waals surface area (Å²) in [6, 6.07) is 17.3. The molecule has 1 aliphatic heterocycles. The molecule has 1 N–H and O–H groups in total. The minimum Gasteiger partial charge on any atom is -0.343 e. The summed E-state index contributed by atoms with van der Waals surface area (Å²) >= 11 is 2.86. The number of hydrogen-bond acceptors (Lipinski definition) is 7. The molecule has 1 aromatic heterocycles. The van der Waals surface area contributed by atoms with Gasteiger partial charge in [-0.05, 0) is 35.2 Å². The number of amides is 2. The highest BCUT2D eigenvalue weighted by atomic mass is 32.2. The lowest BCUT2D eigenvalue weighted by molar-refractivity contribution is -0.113. The van der Waals surface area contributed by atoms with Crippen molar-refractivity contribution in [3.63, 3.8) is 0 Å². The van der Waals surface area contributed by atoms with E-state index >= 15 is 0 Å². The van der Waals surface area contributed by atoms with Crippen molar-refractivity contribution >= 4 is 45.7 Å². The zero-order valence-corrected chi connectivity index (χ0v) is 21.3. The predicted octanol–water partition coefficient (Wildman–Crippen LogP) is 4.53. The number of para-hydroxylation sites is 1. The Morgan fingerprint density at radius 3 is 2.29 bits per heavy atom. The standard InChI is InChI=1S/C25H29N5O2S2/c1-25(2,3)19-11-9-18(10-12-19)22(32)29-13-15-30(16-14-29)23-27-28-24(34-23)33-17-21(31)26-20-7-5-4-6-8-20/h4-12H,13-17H2,1-3H3,(H,26,31). The van der Waals surface area contributed by atoms with Crippen molar-refractivity contribution in [1.82, 2.24) is 15.1 Å². The van der Waals surface area contributed by atoms with Crippen LogP contribution in [-0.4, -0.2) is 58.8 Å². The van der Waals surface area contributed by atoms with Crippen molar-refractivity contribution in [3.8, 4) is 0 Å². The Balaban J connectivity index is 1.26. The van der Waals surface area contributed by atoms with E-state index in [1.54, 1.807) is 0 Å². The summed E-state index contributed by atoms with van der Waals surface area (Å²) in [6.07, 6.45) is 0. The van der Waals surface area contributed by atoms with Crippen molar-refractivity contribution in [2.75, 3.05) is 42.1 Å². The van der Waals surface area contributed by atoms with E-state index in [4.69, 9.17) is 0 Å². The molecule has 9 heteroatoms. The molecule has 0 spiro atoms. The SMILES string of the molecule is CC(C)(C)c1ccc(C(=O)N2CCN(c3nnc(SCC(=O)Nc4ccccc4)s3)CC2)cc1. The number of hydrogen-bond donors (Lipinski definition) is 1. The summed E-state index contributed by atoms with van der Waals surface area (Å²) < 4.78 is 0.760. The summed E-state index contributed by atoms with van der Waals surface area (Å²) in [5, 5.41) is 12.2. The van der Waals surface area contributed by atoms with Crippen LogP contribution in [-0.2, 0) is 10.2 Å². The second-order valence-corrected chi connectivity index (χ2v) is 11.3. The molecular weight excluding hydrogens is 466 g/mol. The van der Waals surface area contributed by atoms with Crippen LogP contribution < -0.4 is 10.2 Å². The first-order chi connectivity index (χ1) is 16.3. The Kier molecular flexibility index (Phi) is 7.53. The van der Waals surface area contributed by atoms with E-state index in [-0.39, 0.29) is 23.0 Å². The van der Waals surface area contributed by atoms with Crippen molar-refractivity contribution < 1.29 is 9.59 Å². The fraction of sp³-hybridized carbons (Fsp3) is 0.360. The van der Waals surface area contributed by atoms with E-state index in [1.807, 2.05) is 59.5 Å². The molecule has 0 aliphatic carbocycles. The van der Waals surface area contributed by atoms with Crippen molar-refractivity contribution in [2.45, 2.75) is 30.5 Å². The van der Waals surface area contributed by atoms with Gasteiger partial charge < -0.3 is 15.1 Å². The van der Waals surface area contributed by atoms with Crippen molar-refractivity contribution in [3.05, 3.63) is 65.7 Å². The van der Waals surface area contributed by atoms with Gasteiger partial charge in [-0.3, -0.25) is 9.59 Å². The van der Waals surface area contributed by atoms with E-state index in [9.17, 15) is 9.59 Å². The number of carbonyl (C=O) groups excluding carboxylic acids is 2. The van der Waals surface area contributed by atoms with E-state index in [2.05, 4.69) is 41.2 Å². The predicted molar refractivity (Wildman–Crippen MR) is 139 cm³/mol. The monoisotopic (exact) mass is 495 g/mol. The molecule has 2 aromatic carbocycles. The third-order valence-corrected chi connectivity index (χ3v) is 7.73. The van der Waals surface area contributed by atoms with Gasteiger partial charge in [-0.15, -0.1) is 10.2 Å². The van der Waals surface area contributed by atoms with Gasteiger partial charge in [0, 0.05) is 37.4 Å². The van der Waals surface area contributed by atoms with Crippen LogP contribution in [0.15, 0.2) is 58.9 Å². The molecule has 4 rings (SSSR count). The molecule has 34 heavy (non-hydrogen) atoms. The van der Waals surface area contributed by atoms with Gasteiger partial charge in [0.05, 0.1) is 5.75 Å². The summed E-state index contributed by atoms with van der Waals surface area (Å²) in [5.41, 5.74) is 2.79. The molecular formula is C25H29N5O2S2. The zero-order valence-electron chi connectivity index (χ0n) is 19.7. The lowest BCUT2D eigenvalue weighted by Gasteiger charge is -2.34. The first-order valence-electron chi connectivity index (χ1n) is 11.3. The molecule has 0 bridgehead atoms. The maximum absolute atomic E-state index is 12.9. The minimum atomic E-state index is -0.0735. The largest absolute Gasteiger partial charge is 0.343 e. The van der Waals surface area contributed by atoms with Gasteiger partial charge in [0.2, 0.25) is 11.0 Å². The average molecular weight is 496 g/mol. The molecule has 1 saturated heterocycles. The van der Waals surface area contributed by atoms with Crippen LogP contribution in [0.25, 0.3) is 0 Å². The third-order valence-electron chi connectivity index (χ3n) is 5.62. The minimum absolute atomic E-state index is 0.0672. The van der Waals surface area contributed by atoms with E-state index < -0.39 is 0 Å². The van der Waals surface area contributed by atoms with Crippen LogP contribution >= 0.6 is 23.1 Å². The van der Waals surface area contributed by atoms with Gasteiger partial charge in [0.15, 0.2) is 4.34 Å². The molecule has 178 valence electrons. The maximum Gasteiger partial charge on any atom is 0.253 e. The number of nitrogens with zero attached hydrogens (tertiary/aromatic N) is 4. The van der Waals surface area contributed by atoms with Crippen LogP contribution in [0, 0.1) is 0 Å². The molecule has 2 heterocycles. The van der Waals surface area contributed by atoms with Crippen LogP contribution in [0.1, 0.15) is 36.7 Å². The molecule has 0 radical (unpaired) electrons. The molecule has 0 saturated carbocycles. The highest BCUT2D eigenvalue weighted by molar-refractivity contribution is 8.01. The molecule has 0 unspecified atom stereocenters. The average Bonchev–Trinajstić information content (AvgIpc) is 3.32. The fourth-order valence-electron chi connectivity index (χ4n) is 3.63. The first-order valence-corrected chi connectivity index (χ1v) is 13.1. The number of rotatable bonds is 6. The van der Waals surface area contributed by atoms with Gasteiger partial charge in [-0.2, -0.15) is 0 Å². The number of benzene rings is 2. The Morgan fingerprint density at radius 2 is 1.65 bits per heavy atom. The van der Waals surface area contributed by atoms with Gasteiger partial charge in [0.25, 0.3) is 5.91 Å². The molecule has 1 fully saturated rings. The number of thioether (sulfide) groups is 1. The smallest absolute Gasteiger partial charge is 0.253 e. The first kappa shape index (κ1) is 24.2. The molecule has 1 aliphatic rings. The van der Waals surface area contributed by atoms with Gasteiger partial charge >= 0.3 is 0 Å². The lowest BCUT2D eigenvalue weighted by atomic mass is 9.86. The van der Waals surface area contributed by atoms with Crippen molar-refractivity contribution in [1.29, 1.82) is 0 Å². The molecule has 3 aromatic rings. The second-order valence-electron chi connectivity index (χ2n) is 9.16. The van der Waals surface area contributed by atoms with Crippen molar-refractivity contribution in [2.24, 2.45) is 0 Å². The van der Waals surface area contributed by atoms with Gasteiger partial charge in [-0.25, -0.2) is 0 Å². The number of aromatic nitrogens is 2. The van der Waals surface area contributed by atoms with Crippen LogP contribution in [0.3, 0.4) is 0 Å². The second kappa shape index (κ2) is 10.6. The Morgan fingerprint density at radius 1 is 0.971 bits per heavy atom. The van der Waals surface area contributed by atoms with Crippen LogP contribution in [0.2, 0.25) is 0 Å². The lowest BCUT2D eigenvalue weighted by Crippen LogP contribution is -2.48. The Bertz CT molecular complexity index is 1120. The summed E-state index contributed by atoms with van der Waals surface area (Å²) in [7, 11) is 0. The van der Waals surface area contributed by atoms with E-state index in [1.165, 1.54) is 28.7 Å². The van der Waals surface area contributed by atoms with Gasteiger partial charge in [-0.1, -0.05) is 74.2 Å². The number of piperazine rings is 1. The normalized spacial score (nSPS) is 14.2. The topological polar surface area (TPSA) is 78.4 Å². The van der Waals surface area contributed by atoms with Crippen LogP contribution in [0.5, 0.6) is 0 Å².